The lowest BCUT2D eigenvalue weighted by atomic mass is 9.87. The number of aromatic nitrogens is 4. The molecule has 186 valence electrons. The van der Waals surface area contributed by atoms with Gasteiger partial charge in [0.05, 0.1) is 28.9 Å². The number of amides is 1. The van der Waals surface area contributed by atoms with Crippen LogP contribution in [-0.4, -0.2) is 50.2 Å². The van der Waals surface area contributed by atoms with Gasteiger partial charge in [0.25, 0.3) is 0 Å². The summed E-state index contributed by atoms with van der Waals surface area (Å²) in [5.74, 6) is 1.98. The average Bonchev–Trinajstić information content (AvgIpc) is 3.18. The number of rotatable bonds is 5. The highest BCUT2D eigenvalue weighted by Crippen LogP contribution is 2.53. The van der Waals surface area contributed by atoms with E-state index in [1.54, 1.807) is 17.7 Å². The first-order chi connectivity index (χ1) is 17.5. The number of nitrogens with zero attached hydrogens (tertiary/aromatic N) is 4. The number of hydrogen-bond acceptors (Lipinski definition) is 7. The number of aromatic amines is 1. The van der Waals surface area contributed by atoms with Crippen LogP contribution in [0.3, 0.4) is 0 Å². The molecule has 1 unspecified atom stereocenters. The normalized spacial score (nSPS) is 20.4. The molecule has 2 aliphatic carbocycles. The predicted octanol–water partition coefficient (Wildman–Crippen LogP) is 5.22. The van der Waals surface area contributed by atoms with Gasteiger partial charge in [-0.15, -0.1) is 11.3 Å². The summed E-state index contributed by atoms with van der Waals surface area (Å²) in [7, 11) is 0. The van der Waals surface area contributed by atoms with Crippen molar-refractivity contribution in [3.63, 3.8) is 0 Å². The predicted molar refractivity (Wildman–Crippen MR) is 141 cm³/mol. The Labute approximate surface area is 213 Å². The summed E-state index contributed by atoms with van der Waals surface area (Å²) in [4.78, 5) is 27.0. The number of ether oxygens (including phenoxy) is 1. The first kappa shape index (κ1) is 22.0. The van der Waals surface area contributed by atoms with Crippen molar-refractivity contribution in [2.75, 3.05) is 18.4 Å². The second kappa shape index (κ2) is 8.16. The van der Waals surface area contributed by atoms with E-state index >= 15 is 0 Å². The smallest absolute Gasteiger partial charge is 0.226 e. The molecular weight excluding hydrogens is 472 g/mol. The maximum atomic E-state index is 13.3. The summed E-state index contributed by atoms with van der Waals surface area (Å²) in [6, 6.07) is 4.02. The van der Waals surface area contributed by atoms with E-state index in [9.17, 15) is 4.79 Å². The number of likely N-dealkylation sites (tertiary alicyclic amines) is 1. The molecule has 1 aliphatic heterocycles. The van der Waals surface area contributed by atoms with Crippen LogP contribution >= 0.6 is 11.3 Å². The number of aryl methyl sites for hydroxylation is 1. The molecule has 0 bridgehead atoms. The molecule has 4 heterocycles. The fraction of sp³-hybridized carbons (Fsp3) is 0.481. The minimum Gasteiger partial charge on any atom is -0.489 e. The molecule has 1 aromatic carbocycles. The molecule has 9 heteroatoms. The van der Waals surface area contributed by atoms with Gasteiger partial charge >= 0.3 is 0 Å². The van der Waals surface area contributed by atoms with E-state index in [0.29, 0.717) is 11.3 Å². The van der Waals surface area contributed by atoms with Crippen molar-refractivity contribution in [3.8, 4) is 5.75 Å². The minimum absolute atomic E-state index is 0.0325. The van der Waals surface area contributed by atoms with E-state index in [1.165, 1.54) is 29.7 Å². The molecule has 1 saturated carbocycles. The van der Waals surface area contributed by atoms with Crippen LogP contribution in [-0.2, 0) is 17.6 Å². The monoisotopic (exact) mass is 502 g/mol. The zero-order valence-corrected chi connectivity index (χ0v) is 21.5. The Morgan fingerprint density at radius 3 is 2.97 bits per heavy atom. The van der Waals surface area contributed by atoms with Crippen LogP contribution in [0.15, 0.2) is 24.7 Å². The largest absolute Gasteiger partial charge is 0.489 e. The van der Waals surface area contributed by atoms with E-state index in [-0.39, 0.29) is 12.0 Å². The van der Waals surface area contributed by atoms with Crippen molar-refractivity contribution >= 4 is 49.9 Å². The van der Waals surface area contributed by atoms with Gasteiger partial charge in [-0.2, -0.15) is 5.10 Å². The quantitative estimate of drug-likeness (QED) is 0.389. The molecule has 3 aromatic heterocycles. The molecule has 4 aromatic rings. The SMILES string of the molecule is CC(C)Oc1cc2[nH]ncc2cc1Nc1ncnc2sc3c(c12)CCC(C(=O)N1CCC2(CC2)C1)C3. The maximum absolute atomic E-state index is 13.3. The van der Waals surface area contributed by atoms with Crippen molar-refractivity contribution in [1.82, 2.24) is 25.1 Å². The summed E-state index contributed by atoms with van der Waals surface area (Å²) in [5.41, 5.74) is 3.54. The highest BCUT2D eigenvalue weighted by atomic mass is 32.1. The van der Waals surface area contributed by atoms with E-state index in [4.69, 9.17) is 4.74 Å². The van der Waals surface area contributed by atoms with Gasteiger partial charge in [-0.1, -0.05) is 0 Å². The minimum atomic E-state index is 0.0325. The summed E-state index contributed by atoms with van der Waals surface area (Å²) in [6.07, 6.45) is 9.82. The first-order valence-corrected chi connectivity index (χ1v) is 13.7. The van der Waals surface area contributed by atoms with E-state index in [1.807, 2.05) is 32.2 Å². The molecule has 36 heavy (non-hydrogen) atoms. The molecule has 1 spiro atoms. The van der Waals surface area contributed by atoms with E-state index in [0.717, 1.165) is 70.7 Å². The van der Waals surface area contributed by atoms with Gasteiger partial charge in [0.1, 0.15) is 22.7 Å². The molecule has 1 atom stereocenters. The number of carbonyl (C=O) groups is 1. The highest BCUT2D eigenvalue weighted by molar-refractivity contribution is 7.19. The number of fused-ring (bicyclic) bond motifs is 4. The molecule has 1 amide bonds. The highest BCUT2D eigenvalue weighted by Gasteiger charge is 2.49. The fourth-order valence-electron chi connectivity index (χ4n) is 5.93. The van der Waals surface area contributed by atoms with Crippen molar-refractivity contribution in [3.05, 3.63) is 35.1 Å². The Balaban J connectivity index is 1.19. The lowest BCUT2D eigenvalue weighted by molar-refractivity contribution is -0.135. The summed E-state index contributed by atoms with van der Waals surface area (Å²) < 4.78 is 6.12. The van der Waals surface area contributed by atoms with Crippen LogP contribution in [0.25, 0.3) is 21.1 Å². The number of benzene rings is 1. The molecule has 2 N–H and O–H groups in total. The molecule has 3 aliphatic rings. The van der Waals surface area contributed by atoms with Crippen LogP contribution in [0.2, 0.25) is 0 Å². The fourth-order valence-corrected chi connectivity index (χ4v) is 7.20. The standard InChI is InChI=1S/C27H30N6O2S/c1-15(2)35-21-11-19-17(12-30-32-19)9-20(21)31-24-23-18-4-3-16(10-22(18)36-25(23)29-14-28-24)26(34)33-8-7-27(13-33)5-6-27/h9,11-12,14-16H,3-8,10,13H2,1-2H3,(H,30,32)(H,28,29,31). The van der Waals surface area contributed by atoms with Gasteiger partial charge in [0.2, 0.25) is 5.91 Å². The summed E-state index contributed by atoms with van der Waals surface area (Å²) >= 11 is 1.71. The zero-order chi connectivity index (χ0) is 24.4. The number of nitrogens with one attached hydrogen (secondary N) is 2. The Morgan fingerprint density at radius 1 is 1.28 bits per heavy atom. The van der Waals surface area contributed by atoms with Crippen molar-refractivity contribution in [2.24, 2.45) is 11.3 Å². The van der Waals surface area contributed by atoms with Crippen LogP contribution in [0.5, 0.6) is 5.75 Å². The second-order valence-electron chi connectivity index (χ2n) is 11.0. The van der Waals surface area contributed by atoms with Gasteiger partial charge in [-0.05, 0) is 69.4 Å². The summed E-state index contributed by atoms with van der Waals surface area (Å²) in [5, 5.41) is 12.8. The van der Waals surface area contributed by atoms with E-state index in [2.05, 4.69) is 30.4 Å². The third-order valence-electron chi connectivity index (χ3n) is 8.06. The number of anilines is 2. The third kappa shape index (κ3) is 3.72. The summed E-state index contributed by atoms with van der Waals surface area (Å²) in [6.45, 7) is 5.95. The Bertz CT molecular complexity index is 1490. The van der Waals surface area contributed by atoms with Gasteiger partial charge in [-0.25, -0.2) is 9.97 Å². The van der Waals surface area contributed by atoms with Crippen molar-refractivity contribution in [1.29, 1.82) is 0 Å². The molecular formula is C27H30N6O2S. The molecule has 8 nitrogen and oxygen atoms in total. The molecule has 7 rings (SSSR count). The number of hydrogen-bond donors (Lipinski definition) is 2. The van der Waals surface area contributed by atoms with Crippen LogP contribution in [0.1, 0.15) is 50.0 Å². The molecule has 0 radical (unpaired) electrons. The number of H-pyrrole nitrogens is 1. The van der Waals surface area contributed by atoms with Crippen LogP contribution < -0.4 is 10.1 Å². The topological polar surface area (TPSA) is 96.0 Å². The van der Waals surface area contributed by atoms with E-state index < -0.39 is 0 Å². The lowest BCUT2D eigenvalue weighted by Crippen LogP contribution is -2.36. The number of thiophene rings is 1. The lowest BCUT2D eigenvalue weighted by Gasteiger charge is -2.26. The van der Waals surface area contributed by atoms with Gasteiger partial charge in [0, 0.05) is 35.3 Å². The maximum Gasteiger partial charge on any atom is 0.226 e. The Kier molecular flexibility index (Phi) is 4.99. The first-order valence-electron chi connectivity index (χ1n) is 12.9. The molecule has 2 fully saturated rings. The van der Waals surface area contributed by atoms with Gasteiger partial charge in [-0.3, -0.25) is 9.89 Å². The van der Waals surface area contributed by atoms with Crippen molar-refractivity contribution in [2.45, 2.75) is 58.5 Å². The van der Waals surface area contributed by atoms with Crippen LogP contribution in [0.4, 0.5) is 11.5 Å². The van der Waals surface area contributed by atoms with Gasteiger partial charge < -0.3 is 15.0 Å². The van der Waals surface area contributed by atoms with Crippen LogP contribution in [0, 0.1) is 11.3 Å². The number of carbonyl (C=O) groups excluding carboxylic acids is 1. The molecule has 1 saturated heterocycles. The second-order valence-corrected chi connectivity index (χ2v) is 12.0. The Hall–Kier alpha value is -3.20. The average molecular weight is 503 g/mol. The Morgan fingerprint density at radius 2 is 2.17 bits per heavy atom. The van der Waals surface area contributed by atoms with Crippen molar-refractivity contribution < 1.29 is 9.53 Å². The third-order valence-corrected chi connectivity index (χ3v) is 9.22. The van der Waals surface area contributed by atoms with Gasteiger partial charge in [0.15, 0.2) is 0 Å². The zero-order valence-electron chi connectivity index (χ0n) is 20.6.